The Labute approximate surface area is 178 Å². The highest BCUT2D eigenvalue weighted by atomic mass is 19.3. The molecule has 4 rings (SSSR count). The van der Waals surface area contributed by atoms with E-state index >= 15 is 0 Å². The van der Waals surface area contributed by atoms with Crippen LogP contribution in [0.3, 0.4) is 0 Å². The first-order valence-electron chi connectivity index (χ1n) is 9.90. The Balaban J connectivity index is 1.33. The molecule has 1 heterocycles. The van der Waals surface area contributed by atoms with Crippen LogP contribution in [-0.4, -0.2) is 28.6 Å². The van der Waals surface area contributed by atoms with Crippen molar-refractivity contribution in [3.63, 3.8) is 0 Å². The zero-order chi connectivity index (χ0) is 21.8. The summed E-state index contributed by atoms with van der Waals surface area (Å²) >= 11 is 0. The third-order valence-electron chi connectivity index (χ3n) is 5.15. The van der Waals surface area contributed by atoms with Crippen molar-refractivity contribution in [1.29, 1.82) is 0 Å². The molecule has 1 aromatic heterocycles. The Kier molecular flexibility index (Phi) is 5.84. The number of nitrogens with zero attached hydrogens (tertiary/aromatic N) is 1. The van der Waals surface area contributed by atoms with Gasteiger partial charge < -0.3 is 14.6 Å². The van der Waals surface area contributed by atoms with Gasteiger partial charge in [0, 0.05) is 36.6 Å². The van der Waals surface area contributed by atoms with Gasteiger partial charge in [-0.15, -0.1) is 0 Å². The highest BCUT2D eigenvalue weighted by Gasteiger charge is 2.45. The maximum Gasteiger partial charge on any atom is 0.335 e. The van der Waals surface area contributed by atoms with Crippen molar-refractivity contribution in [1.82, 2.24) is 4.98 Å². The lowest BCUT2D eigenvalue weighted by Crippen LogP contribution is -2.38. The summed E-state index contributed by atoms with van der Waals surface area (Å²) in [6, 6.07) is 17.7. The van der Waals surface area contributed by atoms with E-state index in [-0.39, 0.29) is 30.9 Å². The van der Waals surface area contributed by atoms with Crippen LogP contribution < -0.4 is 9.47 Å². The SMILES string of the molecule is O=C(O)c1ccc(COc2cccc(-c3ccc(OCC4CC(F)(F)C4)nc3)c2)cc1. The summed E-state index contributed by atoms with van der Waals surface area (Å²) in [7, 11) is 0. The van der Waals surface area contributed by atoms with Crippen molar-refractivity contribution < 1.29 is 28.2 Å². The van der Waals surface area contributed by atoms with Crippen LogP contribution in [0.25, 0.3) is 11.1 Å². The van der Waals surface area contributed by atoms with E-state index in [4.69, 9.17) is 14.6 Å². The number of alkyl halides is 2. The molecule has 0 atom stereocenters. The number of aromatic carboxylic acids is 1. The van der Waals surface area contributed by atoms with Gasteiger partial charge in [-0.2, -0.15) is 0 Å². The van der Waals surface area contributed by atoms with Crippen LogP contribution in [0, 0.1) is 5.92 Å². The first kappa shape index (κ1) is 20.8. The minimum atomic E-state index is -2.54. The van der Waals surface area contributed by atoms with Crippen molar-refractivity contribution in [2.75, 3.05) is 6.61 Å². The molecule has 5 nitrogen and oxygen atoms in total. The lowest BCUT2D eigenvalue weighted by atomic mass is 9.82. The van der Waals surface area contributed by atoms with E-state index in [9.17, 15) is 13.6 Å². The Bertz CT molecular complexity index is 1040. The van der Waals surface area contributed by atoms with Gasteiger partial charge in [-0.25, -0.2) is 18.6 Å². The van der Waals surface area contributed by atoms with E-state index in [1.807, 2.05) is 30.3 Å². The van der Waals surface area contributed by atoms with Crippen molar-refractivity contribution >= 4 is 5.97 Å². The van der Waals surface area contributed by atoms with Gasteiger partial charge >= 0.3 is 5.97 Å². The van der Waals surface area contributed by atoms with Crippen molar-refractivity contribution in [3.05, 3.63) is 78.0 Å². The molecule has 3 aromatic rings. The van der Waals surface area contributed by atoms with E-state index in [2.05, 4.69) is 4.98 Å². The van der Waals surface area contributed by atoms with Crippen LogP contribution in [0.2, 0.25) is 0 Å². The molecule has 31 heavy (non-hydrogen) atoms. The minimum Gasteiger partial charge on any atom is -0.489 e. The van der Waals surface area contributed by atoms with Gasteiger partial charge in [-0.05, 0) is 41.5 Å². The number of pyridine rings is 1. The average molecular weight is 425 g/mol. The molecule has 1 saturated carbocycles. The van der Waals surface area contributed by atoms with Gasteiger partial charge in [-0.3, -0.25) is 0 Å². The van der Waals surface area contributed by atoms with Gasteiger partial charge in [0.1, 0.15) is 12.4 Å². The molecule has 0 bridgehead atoms. The third-order valence-corrected chi connectivity index (χ3v) is 5.15. The molecule has 0 radical (unpaired) electrons. The van der Waals surface area contributed by atoms with E-state index in [0.29, 0.717) is 18.2 Å². The molecule has 0 saturated heterocycles. The molecule has 1 N–H and O–H groups in total. The highest BCUT2D eigenvalue weighted by Crippen LogP contribution is 2.42. The van der Waals surface area contributed by atoms with Crippen LogP contribution in [-0.2, 0) is 6.61 Å². The number of hydrogen-bond donors (Lipinski definition) is 1. The molecule has 1 aliphatic carbocycles. The lowest BCUT2D eigenvalue weighted by molar-refractivity contribution is -0.119. The second-order valence-corrected chi connectivity index (χ2v) is 7.64. The van der Waals surface area contributed by atoms with Gasteiger partial charge in [0.05, 0.1) is 12.2 Å². The number of carboxylic acids is 1. The third kappa shape index (κ3) is 5.36. The summed E-state index contributed by atoms with van der Waals surface area (Å²) in [5, 5.41) is 8.95. The number of carbonyl (C=O) groups is 1. The van der Waals surface area contributed by atoms with Crippen molar-refractivity contribution in [3.8, 4) is 22.8 Å². The van der Waals surface area contributed by atoms with Crippen molar-refractivity contribution in [2.45, 2.75) is 25.4 Å². The average Bonchev–Trinajstić information content (AvgIpc) is 2.75. The Morgan fingerprint density at radius 1 is 1.03 bits per heavy atom. The van der Waals surface area contributed by atoms with Crippen LogP contribution in [0.5, 0.6) is 11.6 Å². The summed E-state index contributed by atoms with van der Waals surface area (Å²) in [5.41, 5.74) is 2.88. The molecule has 160 valence electrons. The number of hydrogen-bond acceptors (Lipinski definition) is 4. The molecule has 0 spiro atoms. The highest BCUT2D eigenvalue weighted by molar-refractivity contribution is 5.87. The standard InChI is InChI=1S/C24H21F2NO4/c25-24(26)11-17(12-24)15-31-22-9-8-20(13-27-22)19-2-1-3-21(10-19)30-14-16-4-6-18(7-5-16)23(28)29/h1-10,13,17H,11-12,14-15H2,(H,28,29). The molecular formula is C24H21F2NO4. The summed E-state index contributed by atoms with van der Waals surface area (Å²) in [6.07, 6.45) is 1.43. The first-order valence-corrected chi connectivity index (χ1v) is 9.90. The fourth-order valence-corrected chi connectivity index (χ4v) is 3.42. The Hall–Kier alpha value is -3.48. The zero-order valence-corrected chi connectivity index (χ0v) is 16.6. The van der Waals surface area contributed by atoms with E-state index < -0.39 is 11.9 Å². The molecule has 7 heteroatoms. The quantitative estimate of drug-likeness (QED) is 0.520. The van der Waals surface area contributed by atoms with Crippen molar-refractivity contribution in [2.24, 2.45) is 5.92 Å². The van der Waals surface area contributed by atoms with Gasteiger partial charge in [0.2, 0.25) is 11.8 Å². The molecule has 1 aliphatic rings. The minimum absolute atomic E-state index is 0.120. The number of rotatable bonds is 8. The van der Waals surface area contributed by atoms with E-state index in [1.54, 1.807) is 36.5 Å². The smallest absolute Gasteiger partial charge is 0.335 e. The topological polar surface area (TPSA) is 68.7 Å². The maximum atomic E-state index is 12.9. The molecule has 0 amide bonds. The van der Waals surface area contributed by atoms with E-state index in [0.717, 1.165) is 16.7 Å². The summed E-state index contributed by atoms with van der Waals surface area (Å²) in [5.74, 6) is -2.54. The molecule has 1 fully saturated rings. The van der Waals surface area contributed by atoms with Crippen LogP contribution in [0.1, 0.15) is 28.8 Å². The number of aromatic nitrogens is 1. The van der Waals surface area contributed by atoms with Gasteiger partial charge in [0.15, 0.2) is 0 Å². The molecular weight excluding hydrogens is 404 g/mol. The van der Waals surface area contributed by atoms with Gasteiger partial charge in [-0.1, -0.05) is 24.3 Å². The summed E-state index contributed by atoms with van der Waals surface area (Å²) in [6.45, 7) is 0.563. The normalized spacial score (nSPS) is 15.2. The number of ether oxygens (including phenoxy) is 2. The Morgan fingerprint density at radius 2 is 1.81 bits per heavy atom. The number of benzene rings is 2. The van der Waals surface area contributed by atoms with Crippen LogP contribution >= 0.6 is 0 Å². The van der Waals surface area contributed by atoms with Crippen LogP contribution in [0.4, 0.5) is 8.78 Å². The predicted octanol–water partition coefficient (Wildman–Crippen LogP) is 5.45. The molecule has 2 aromatic carbocycles. The first-order chi connectivity index (χ1) is 14.9. The zero-order valence-electron chi connectivity index (χ0n) is 16.6. The maximum absolute atomic E-state index is 12.9. The fourth-order valence-electron chi connectivity index (χ4n) is 3.42. The summed E-state index contributed by atoms with van der Waals surface area (Å²) in [4.78, 5) is 15.2. The lowest BCUT2D eigenvalue weighted by Gasteiger charge is -2.34. The Morgan fingerprint density at radius 3 is 2.45 bits per heavy atom. The summed E-state index contributed by atoms with van der Waals surface area (Å²) < 4.78 is 37.1. The second-order valence-electron chi connectivity index (χ2n) is 7.64. The molecule has 0 unspecified atom stereocenters. The predicted molar refractivity (Wildman–Crippen MR) is 111 cm³/mol. The second kappa shape index (κ2) is 8.71. The number of carboxylic acid groups (broad SMARTS) is 1. The van der Waals surface area contributed by atoms with Crippen LogP contribution in [0.15, 0.2) is 66.9 Å². The largest absolute Gasteiger partial charge is 0.489 e. The van der Waals surface area contributed by atoms with Gasteiger partial charge in [0.25, 0.3) is 0 Å². The number of halogens is 2. The fraction of sp³-hybridized carbons (Fsp3) is 0.250. The molecule has 0 aliphatic heterocycles. The monoisotopic (exact) mass is 425 g/mol. The van der Waals surface area contributed by atoms with E-state index in [1.165, 1.54) is 0 Å².